The highest BCUT2D eigenvalue weighted by Crippen LogP contribution is 2.20. The number of amides is 1. The SMILES string of the molecule is CC(C)NC(=O)CN(C)c1nc(NN)c(F)cc1F. The molecule has 0 spiro atoms. The van der Waals surface area contributed by atoms with Crippen LogP contribution in [0.3, 0.4) is 0 Å². The maximum absolute atomic E-state index is 13.6. The van der Waals surface area contributed by atoms with Gasteiger partial charge in [0.15, 0.2) is 23.3 Å². The van der Waals surface area contributed by atoms with Gasteiger partial charge in [-0.15, -0.1) is 0 Å². The minimum atomic E-state index is -0.899. The number of nitrogens with one attached hydrogen (secondary N) is 2. The highest BCUT2D eigenvalue weighted by atomic mass is 19.1. The molecule has 0 unspecified atom stereocenters. The zero-order chi connectivity index (χ0) is 14.6. The van der Waals surface area contributed by atoms with Gasteiger partial charge >= 0.3 is 0 Å². The number of nitrogen functional groups attached to an aromatic ring is 1. The fourth-order valence-corrected chi connectivity index (χ4v) is 1.48. The third-order valence-corrected chi connectivity index (χ3v) is 2.24. The molecule has 0 aliphatic carbocycles. The van der Waals surface area contributed by atoms with Crippen molar-refractivity contribution in [2.24, 2.45) is 5.84 Å². The second-order valence-electron chi connectivity index (χ2n) is 4.35. The van der Waals surface area contributed by atoms with Gasteiger partial charge in [-0.05, 0) is 13.8 Å². The van der Waals surface area contributed by atoms with E-state index in [1.54, 1.807) is 0 Å². The molecule has 1 amide bonds. The smallest absolute Gasteiger partial charge is 0.239 e. The Kier molecular flexibility index (Phi) is 4.99. The molecule has 1 heterocycles. The fourth-order valence-electron chi connectivity index (χ4n) is 1.48. The second-order valence-corrected chi connectivity index (χ2v) is 4.35. The monoisotopic (exact) mass is 273 g/mol. The number of hydrogen-bond donors (Lipinski definition) is 3. The molecule has 106 valence electrons. The highest BCUT2D eigenvalue weighted by Gasteiger charge is 2.17. The van der Waals surface area contributed by atoms with E-state index in [4.69, 9.17) is 5.84 Å². The lowest BCUT2D eigenvalue weighted by Crippen LogP contribution is -2.39. The molecule has 0 radical (unpaired) electrons. The largest absolute Gasteiger partial charge is 0.352 e. The topological polar surface area (TPSA) is 83.3 Å². The van der Waals surface area contributed by atoms with Crippen LogP contribution in [0.1, 0.15) is 13.8 Å². The molecule has 0 aliphatic heterocycles. The number of likely N-dealkylation sites (N-methyl/N-ethyl adjacent to an activating group) is 1. The summed E-state index contributed by atoms with van der Waals surface area (Å²) in [5, 5.41) is 2.66. The number of carbonyl (C=O) groups is 1. The van der Waals surface area contributed by atoms with E-state index < -0.39 is 11.6 Å². The van der Waals surface area contributed by atoms with E-state index in [-0.39, 0.29) is 30.1 Å². The van der Waals surface area contributed by atoms with Crippen molar-refractivity contribution in [2.75, 3.05) is 23.9 Å². The van der Waals surface area contributed by atoms with Crippen LogP contribution >= 0.6 is 0 Å². The minimum Gasteiger partial charge on any atom is -0.352 e. The van der Waals surface area contributed by atoms with Gasteiger partial charge in [0.1, 0.15) is 0 Å². The highest BCUT2D eigenvalue weighted by molar-refractivity contribution is 5.81. The number of pyridine rings is 1. The lowest BCUT2D eigenvalue weighted by Gasteiger charge is -2.20. The van der Waals surface area contributed by atoms with E-state index in [0.29, 0.717) is 6.07 Å². The second kappa shape index (κ2) is 6.28. The van der Waals surface area contributed by atoms with E-state index >= 15 is 0 Å². The number of anilines is 2. The molecule has 19 heavy (non-hydrogen) atoms. The summed E-state index contributed by atoms with van der Waals surface area (Å²) < 4.78 is 26.8. The zero-order valence-corrected chi connectivity index (χ0v) is 11.0. The summed E-state index contributed by atoms with van der Waals surface area (Å²) in [5.41, 5.74) is 2.02. The minimum absolute atomic E-state index is 0.0202. The van der Waals surface area contributed by atoms with Crippen LogP contribution in [0.2, 0.25) is 0 Å². The molecule has 0 aromatic carbocycles. The molecule has 0 bridgehead atoms. The average Bonchev–Trinajstić information content (AvgIpc) is 2.27. The zero-order valence-electron chi connectivity index (χ0n) is 11.0. The number of aromatic nitrogens is 1. The number of halogens is 2. The van der Waals surface area contributed by atoms with Crippen LogP contribution in [0.5, 0.6) is 0 Å². The Labute approximate surface area is 110 Å². The van der Waals surface area contributed by atoms with E-state index in [2.05, 4.69) is 10.3 Å². The van der Waals surface area contributed by atoms with Crippen molar-refractivity contribution < 1.29 is 13.6 Å². The Hall–Kier alpha value is -1.96. The van der Waals surface area contributed by atoms with Crippen molar-refractivity contribution in [1.29, 1.82) is 0 Å². The van der Waals surface area contributed by atoms with Gasteiger partial charge in [0.05, 0.1) is 6.54 Å². The van der Waals surface area contributed by atoms with E-state index in [1.165, 1.54) is 11.9 Å². The molecule has 1 aromatic heterocycles. The van der Waals surface area contributed by atoms with Gasteiger partial charge in [-0.25, -0.2) is 19.6 Å². The molecular weight excluding hydrogens is 256 g/mol. The Morgan fingerprint density at radius 1 is 1.47 bits per heavy atom. The summed E-state index contributed by atoms with van der Waals surface area (Å²) in [6.07, 6.45) is 0. The molecular formula is C11H17F2N5O. The molecule has 0 saturated heterocycles. The number of carbonyl (C=O) groups excluding carboxylic acids is 1. The first-order valence-electron chi connectivity index (χ1n) is 5.68. The first-order valence-corrected chi connectivity index (χ1v) is 5.68. The fraction of sp³-hybridized carbons (Fsp3) is 0.455. The predicted octanol–water partition coefficient (Wildman–Crippen LogP) is 0.606. The normalized spacial score (nSPS) is 10.5. The van der Waals surface area contributed by atoms with Gasteiger partial charge in [-0.2, -0.15) is 0 Å². The van der Waals surface area contributed by atoms with Gasteiger partial charge in [-0.3, -0.25) is 4.79 Å². The molecule has 0 aliphatic rings. The van der Waals surface area contributed by atoms with E-state index in [9.17, 15) is 13.6 Å². The average molecular weight is 273 g/mol. The molecule has 6 nitrogen and oxygen atoms in total. The lowest BCUT2D eigenvalue weighted by molar-refractivity contribution is -0.120. The van der Waals surface area contributed by atoms with Crippen molar-refractivity contribution in [3.05, 3.63) is 17.7 Å². The van der Waals surface area contributed by atoms with Crippen LogP contribution in [0.4, 0.5) is 20.4 Å². The Bertz CT molecular complexity index is 467. The maximum atomic E-state index is 13.6. The van der Waals surface area contributed by atoms with Crippen molar-refractivity contribution in [2.45, 2.75) is 19.9 Å². The van der Waals surface area contributed by atoms with E-state index in [1.807, 2.05) is 19.3 Å². The molecule has 1 aromatic rings. The molecule has 0 fully saturated rings. The van der Waals surface area contributed by atoms with Crippen LogP contribution in [0.25, 0.3) is 0 Å². The summed E-state index contributed by atoms with van der Waals surface area (Å²) in [6.45, 7) is 3.52. The summed E-state index contributed by atoms with van der Waals surface area (Å²) in [4.78, 5) is 16.5. The quantitative estimate of drug-likeness (QED) is 0.540. The van der Waals surface area contributed by atoms with Crippen molar-refractivity contribution >= 4 is 17.5 Å². The summed E-state index contributed by atoms with van der Waals surface area (Å²) >= 11 is 0. The first kappa shape index (κ1) is 15.1. The van der Waals surface area contributed by atoms with Gasteiger partial charge < -0.3 is 15.6 Å². The number of hydrogen-bond acceptors (Lipinski definition) is 5. The van der Waals surface area contributed by atoms with Crippen LogP contribution < -0.4 is 21.5 Å². The standard InChI is InChI=1S/C11H17F2N5O/c1-6(2)15-9(19)5-18(3)11-8(13)4-7(12)10(16-11)17-14/h4,6H,5,14H2,1-3H3,(H,15,19)(H,16,17). The van der Waals surface area contributed by atoms with Gasteiger partial charge in [-0.1, -0.05) is 0 Å². The number of hydrazine groups is 1. The third kappa shape index (κ3) is 4.02. The number of nitrogens with zero attached hydrogens (tertiary/aromatic N) is 2. The molecule has 0 atom stereocenters. The summed E-state index contributed by atoms with van der Waals surface area (Å²) in [7, 11) is 1.48. The molecule has 4 N–H and O–H groups in total. The third-order valence-electron chi connectivity index (χ3n) is 2.24. The van der Waals surface area contributed by atoms with Gasteiger partial charge in [0.2, 0.25) is 5.91 Å². The first-order chi connectivity index (χ1) is 8.85. The molecule has 0 saturated carbocycles. The van der Waals surface area contributed by atoms with Crippen LogP contribution in [0.15, 0.2) is 6.07 Å². The maximum Gasteiger partial charge on any atom is 0.239 e. The summed E-state index contributed by atoms with van der Waals surface area (Å²) in [5.74, 6) is 2.57. The Balaban J connectivity index is 2.87. The Morgan fingerprint density at radius 3 is 2.63 bits per heavy atom. The Morgan fingerprint density at radius 2 is 2.11 bits per heavy atom. The van der Waals surface area contributed by atoms with Crippen molar-refractivity contribution in [1.82, 2.24) is 10.3 Å². The number of rotatable bonds is 5. The lowest BCUT2D eigenvalue weighted by atomic mass is 10.3. The summed E-state index contributed by atoms with van der Waals surface area (Å²) in [6, 6.07) is 0.641. The van der Waals surface area contributed by atoms with Crippen LogP contribution in [0, 0.1) is 11.6 Å². The van der Waals surface area contributed by atoms with Crippen molar-refractivity contribution in [3.8, 4) is 0 Å². The van der Waals surface area contributed by atoms with E-state index in [0.717, 1.165) is 0 Å². The van der Waals surface area contributed by atoms with Crippen LogP contribution in [-0.2, 0) is 4.79 Å². The van der Waals surface area contributed by atoms with Gasteiger partial charge in [0, 0.05) is 19.2 Å². The predicted molar refractivity (Wildman–Crippen MR) is 68.5 cm³/mol. The number of nitrogens with two attached hydrogens (primary N) is 1. The van der Waals surface area contributed by atoms with Crippen molar-refractivity contribution in [3.63, 3.8) is 0 Å². The van der Waals surface area contributed by atoms with Gasteiger partial charge in [0.25, 0.3) is 0 Å². The molecule has 8 heteroatoms. The molecule has 1 rings (SSSR count). The van der Waals surface area contributed by atoms with Crippen LogP contribution in [-0.4, -0.2) is 30.5 Å².